The lowest BCUT2D eigenvalue weighted by molar-refractivity contribution is -0.119. The van der Waals surface area contributed by atoms with Gasteiger partial charge in [-0.25, -0.2) is 5.43 Å². The van der Waals surface area contributed by atoms with E-state index in [2.05, 4.69) is 15.8 Å². The Morgan fingerprint density at radius 1 is 1.00 bits per heavy atom. The van der Waals surface area contributed by atoms with Crippen molar-refractivity contribution in [2.75, 3.05) is 11.9 Å². The number of anilines is 1. The Bertz CT molecular complexity index is 615. The van der Waals surface area contributed by atoms with Crippen LogP contribution in [-0.2, 0) is 4.79 Å². The number of rotatable bonds is 5. The molecule has 4 heteroatoms. The molecule has 0 fully saturated rings. The van der Waals surface area contributed by atoms with Crippen LogP contribution >= 0.6 is 0 Å². The SMILES string of the molecule is Cc1ccc(/C=N/NC(=O)CNc2ccc(C)cc2)cc1. The van der Waals surface area contributed by atoms with E-state index in [0.29, 0.717) is 0 Å². The molecular weight excluding hydrogens is 262 g/mol. The Labute approximate surface area is 124 Å². The third-order valence-electron chi connectivity index (χ3n) is 2.98. The molecule has 0 atom stereocenters. The molecule has 21 heavy (non-hydrogen) atoms. The number of aryl methyl sites for hydroxylation is 2. The summed E-state index contributed by atoms with van der Waals surface area (Å²) in [5, 5.41) is 6.97. The second-order valence-corrected chi connectivity index (χ2v) is 4.92. The number of nitrogens with one attached hydrogen (secondary N) is 2. The first kappa shape index (κ1) is 14.8. The lowest BCUT2D eigenvalue weighted by atomic mass is 10.2. The lowest BCUT2D eigenvalue weighted by Gasteiger charge is -2.05. The molecule has 0 aliphatic carbocycles. The van der Waals surface area contributed by atoms with E-state index in [-0.39, 0.29) is 12.5 Å². The van der Waals surface area contributed by atoms with E-state index in [1.165, 1.54) is 11.1 Å². The Hall–Kier alpha value is -2.62. The van der Waals surface area contributed by atoms with Gasteiger partial charge in [0.15, 0.2) is 0 Å². The van der Waals surface area contributed by atoms with E-state index >= 15 is 0 Å². The highest BCUT2D eigenvalue weighted by molar-refractivity contribution is 5.84. The molecule has 4 nitrogen and oxygen atoms in total. The first-order chi connectivity index (χ1) is 10.1. The number of carbonyl (C=O) groups is 1. The van der Waals surface area contributed by atoms with Crippen LogP contribution in [0.5, 0.6) is 0 Å². The van der Waals surface area contributed by atoms with Crippen molar-refractivity contribution in [3.8, 4) is 0 Å². The molecule has 0 aromatic heterocycles. The number of carbonyl (C=O) groups excluding carboxylic acids is 1. The Kier molecular flexibility index (Phi) is 5.10. The molecule has 2 N–H and O–H groups in total. The molecular formula is C17H19N3O. The molecule has 0 heterocycles. The van der Waals surface area contributed by atoms with Crippen molar-refractivity contribution in [2.45, 2.75) is 13.8 Å². The maximum Gasteiger partial charge on any atom is 0.259 e. The van der Waals surface area contributed by atoms with Gasteiger partial charge in [-0.05, 0) is 31.5 Å². The molecule has 0 unspecified atom stereocenters. The first-order valence-electron chi connectivity index (χ1n) is 6.82. The number of hydrogen-bond acceptors (Lipinski definition) is 3. The second kappa shape index (κ2) is 7.24. The van der Waals surface area contributed by atoms with Crippen LogP contribution in [0.4, 0.5) is 5.69 Å². The van der Waals surface area contributed by atoms with Gasteiger partial charge in [0.05, 0.1) is 12.8 Å². The van der Waals surface area contributed by atoms with Crippen LogP contribution < -0.4 is 10.7 Å². The third kappa shape index (κ3) is 5.10. The number of benzene rings is 2. The van der Waals surface area contributed by atoms with Gasteiger partial charge < -0.3 is 5.32 Å². The Morgan fingerprint density at radius 2 is 1.57 bits per heavy atom. The van der Waals surface area contributed by atoms with E-state index in [4.69, 9.17) is 0 Å². The molecule has 0 saturated heterocycles. The van der Waals surface area contributed by atoms with E-state index in [1.807, 2.05) is 62.4 Å². The summed E-state index contributed by atoms with van der Waals surface area (Å²) in [5.74, 6) is -0.182. The highest BCUT2D eigenvalue weighted by atomic mass is 16.2. The van der Waals surface area contributed by atoms with Crippen LogP contribution in [-0.4, -0.2) is 18.7 Å². The fourth-order valence-electron chi connectivity index (χ4n) is 1.72. The summed E-state index contributed by atoms with van der Waals surface area (Å²) in [6.45, 7) is 4.24. The van der Waals surface area contributed by atoms with Crippen molar-refractivity contribution in [1.29, 1.82) is 0 Å². The van der Waals surface area contributed by atoms with Gasteiger partial charge >= 0.3 is 0 Å². The fourth-order valence-corrected chi connectivity index (χ4v) is 1.72. The van der Waals surface area contributed by atoms with Crippen molar-refractivity contribution in [3.05, 3.63) is 65.2 Å². The average molecular weight is 281 g/mol. The summed E-state index contributed by atoms with van der Waals surface area (Å²) < 4.78 is 0. The van der Waals surface area contributed by atoms with Crippen LogP contribution in [0.2, 0.25) is 0 Å². The Balaban J connectivity index is 1.77. The van der Waals surface area contributed by atoms with Crippen LogP contribution in [0.15, 0.2) is 53.6 Å². The molecule has 2 rings (SSSR count). The van der Waals surface area contributed by atoms with E-state index in [9.17, 15) is 4.79 Å². The van der Waals surface area contributed by atoms with Gasteiger partial charge in [-0.2, -0.15) is 5.10 Å². The number of amides is 1. The second-order valence-electron chi connectivity index (χ2n) is 4.92. The predicted octanol–water partition coefficient (Wildman–Crippen LogP) is 2.87. The van der Waals surface area contributed by atoms with Crippen LogP contribution in [0.25, 0.3) is 0 Å². The van der Waals surface area contributed by atoms with Gasteiger partial charge in [0.2, 0.25) is 0 Å². The zero-order chi connectivity index (χ0) is 15.1. The molecule has 2 aromatic rings. The minimum absolute atomic E-state index is 0.182. The summed E-state index contributed by atoms with van der Waals surface area (Å²) in [5.41, 5.74) is 6.74. The van der Waals surface area contributed by atoms with Crippen molar-refractivity contribution >= 4 is 17.8 Å². The number of hydrazone groups is 1. The van der Waals surface area contributed by atoms with Crippen LogP contribution in [0.3, 0.4) is 0 Å². The van der Waals surface area contributed by atoms with Gasteiger partial charge in [-0.3, -0.25) is 4.79 Å². The zero-order valence-corrected chi connectivity index (χ0v) is 12.3. The van der Waals surface area contributed by atoms with Gasteiger partial charge in [-0.15, -0.1) is 0 Å². The number of hydrogen-bond donors (Lipinski definition) is 2. The standard InChI is InChI=1S/C17H19N3O/c1-13-3-7-15(8-4-13)11-19-20-17(21)12-18-16-9-5-14(2)6-10-16/h3-11,18H,12H2,1-2H3,(H,20,21)/b19-11+. The van der Waals surface area contributed by atoms with Crippen LogP contribution in [0, 0.1) is 13.8 Å². The molecule has 1 amide bonds. The summed E-state index contributed by atoms with van der Waals surface area (Å²) >= 11 is 0. The average Bonchev–Trinajstić information content (AvgIpc) is 2.49. The monoisotopic (exact) mass is 281 g/mol. The molecule has 0 saturated carbocycles. The molecule has 108 valence electrons. The minimum Gasteiger partial charge on any atom is -0.376 e. The maximum atomic E-state index is 11.6. The van der Waals surface area contributed by atoms with Gasteiger partial charge in [0.25, 0.3) is 5.91 Å². The highest BCUT2D eigenvalue weighted by Crippen LogP contribution is 2.07. The molecule has 2 aromatic carbocycles. The lowest BCUT2D eigenvalue weighted by Crippen LogP contribution is -2.25. The topological polar surface area (TPSA) is 53.5 Å². The summed E-state index contributed by atoms with van der Waals surface area (Å²) in [6, 6.07) is 15.8. The normalized spacial score (nSPS) is 10.6. The highest BCUT2D eigenvalue weighted by Gasteiger charge is 1.99. The maximum absolute atomic E-state index is 11.6. The fraction of sp³-hybridized carbons (Fsp3) is 0.176. The van der Waals surface area contributed by atoms with E-state index in [1.54, 1.807) is 6.21 Å². The molecule has 0 radical (unpaired) electrons. The van der Waals surface area contributed by atoms with Crippen molar-refractivity contribution in [1.82, 2.24) is 5.43 Å². The van der Waals surface area contributed by atoms with E-state index in [0.717, 1.165) is 11.3 Å². The quantitative estimate of drug-likeness (QED) is 0.654. The van der Waals surface area contributed by atoms with Crippen LogP contribution in [0.1, 0.15) is 16.7 Å². The first-order valence-corrected chi connectivity index (χ1v) is 6.82. The zero-order valence-electron chi connectivity index (χ0n) is 12.3. The number of nitrogens with zero attached hydrogens (tertiary/aromatic N) is 1. The van der Waals surface area contributed by atoms with Crippen molar-refractivity contribution in [2.24, 2.45) is 5.10 Å². The summed E-state index contributed by atoms with van der Waals surface area (Å²) in [4.78, 5) is 11.6. The van der Waals surface area contributed by atoms with Gasteiger partial charge in [0, 0.05) is 5.69 Å². The molecule has 0 bridgehead atoms. The molecule has 0 aliphatic heterocycles. The van der Waals surface area contributed by atoms with Crippen molar-refractivity contribution < 1.29 is 4.79 Å². The molecule has 0 aliphatic rings. The minimum atomic E-state index is -0.182. The largest absolute Gasteiger partial charge is 0.376 e. The summed E-state index contributed by atoms with van der Waals surface area (Å²) in [6.07, 6.45) is 1.63. The van der Waals surface area contributed by atoms with Gasteiger partial charge in [-0.1, -0.05) is 47.5 Å². The third-order valence-corrected chi connectivity index (χ3v) is 2.98. The van der Waals surface area contributed by atoms with E-state index < -0.39 is 0 Å². The van der Waals surface area contributed by atoms with Crippen molar-refractivity contribution in [3.63, 3.8) is 0 Å². The van der Waals surface area contributed by atoms with Gasteiger partial charge in [0.1, 0.15) is 0 Å². The summed E-state index contributed by atoms with van der Waals surface area (Å²) in [7, 11) is 0. The smallest absolute Gasteiger partial charge is 0.259 e. The molecule has 0 spiro atoms. The Morgan fingerprint density at radius 3 is 2.19 bits per heavy atom. The predicted molar refractivity (Wildman–Crippen MR) is 86.6 cm³/mol.